The van der Waals surface area contributed by atoms with Crippen LogP contribution in [0.5, 0.6) is 11.5 Å². The van der Waals surface area contributed by atoms with Crippen LogP contribution in [0.3, 0.4) is 0 Å². The van der Waals surface area contributed by atoms with E-state index in [-0.39, 0.29) is 11.7 Å². The van der Waals surface area contributed by atoms with Gasteiger partial charge in [0.2, 0.25) is 5.91 Å². The largest absolute Gasteiger partial charge is 0.503 e. The molecule has 4 heteroatoms. The fourth-order valence-corrected chi connectivity index (χ4v) is 1.08. The maximum Gasteiger partial charge on any atom is 0.221 e. The van der Waals surface area contributed by atoms with Crippen molar-refractivity contribution >= 4 is 11.6 Å². The molecule has 76 valence electrons. The first kappa shape index (κ1) is 10.4. The molecule has 2 N–H and O–H groups in total. The number of phenols is 1. The van der Waals surface area contributed by atoms with Crippen molar-refractivity contribution in [2.75, 3.05) is 11.9 Å². The van der Waals surface area contributed by atoms with E-state index in [2.05, 4.69) is 5.32 Å². The average molecular weight is 195 g/mol. The van der Waals surface area contributed by atoms with Gasteiger partial charge in [-0.15, -0.1) is 0 Å². The summed E-state index contributed by atoms with van der Waals surface area (Å²) in [6.07, 6.45) is 0. The van der Waals surface area contributed by atoms with Crippen molar-refractivity contribution in [3.63, 3.8) is 0 Å². The maximum absolute atomic E-state index is 10.8. The summed E-state index contributed by atoms with van der Waals surface area (Å²) in [7, 11) is 0. The molecule has 0 aromatic heterocycles. The van der Waals surface area contributed by atoms with Crippen LogP contribution in [0.15, 0.2) is 18.2 Å². The Hall–Kier alpha value is -1.71. The number of carbonyl (C=O) groups excluding carboxylic acids is 1. The zero-order valence-electron chi connectivity index (χ0n) is 8.20. The Morgan fingerprint density at radius 3 is 2.86 bits per heavy atom. The predicted molar refractivity (Wildman–Crippen MR) is 53.6 cm³/mol. The third kappa shape index (κ3) is 2.39. The van der Waals surface area contributed by atoms with E-state index in [0.29, 0.717) is 18.0 Å². The van der Waals surface area contributed by atoms with Crippen LogP contribution in [0.4, 0.5) is 5.69 Å². The molecular weight excluding hydrogens is 182 g/mol. The number of nitrogens with one attached hydrogen (secondary N) is 1. The number of ether oxygens (including phenoxy) is 1. The number of carbonyl (C=O) groups is 1. The lowest BCUT2D eigenvalue weighted by Gasteiger charge is -2.09. The Morgan fingerprint density at radius 1 is 1.57 bits per heavy atom. The van der Waals surface area contributed by atoms with E-state index in [0.717, 1.165) is 0 Å². The SMILES string of the molecule is CCOc1cccc(NC(C)=O)c1O. The normalized spacial score (nSPS) is 9.57. The zero-order valence-corrected chi connectivity index (χ0v) is 8.20. The van der Waals surface area contributed by atoms with Crippen molar-refractivity contribution in [2.24, 2.45) is 0 Å². The van der Waals surface area contributed by atoms with Gasteiger partial charge >= 0.3 is 0 Å². The smallest absolute Gasteiger partial charge is 0.221 e. The zero-order chi connectivity index (χ0) is 10.6. The molecule has 1 rings (SSSR count). The lowest BCUT2D eigenvalue weighted by atomic mass is 10.2. The molecule has 0 saturated carbocycles. The Kier molecular flexibility index (Phi) is 3.34. The quantitative estimate of drug-likeness (QED) is 0.722. The second-order valence-corrected chi connectivity index (χ2v) is 2.77. The molecule has 0 aliphatic heterocycles. The second-order valence-electron chi connectivity index (χ2n) is 2.77. The van der Waals surface area contributed by atoms with Crippen LogP contribution < -0.4 is 10.1 Å². The predicted octanol–water partition coefficient (Wildman–Crippen LogP) is 1.75. The lowest BCUT2D eigenvalue weighted by Crippen LogP contribution is -2.06. The van der Waals surface area contributed by atoms with Gasteiger partial charge in [-0.05, 0) is 19.1 Å². The van der Waals surface area contributed by atoms with E-state index in [9.17, 15) is 9.90 Å². The van der Waals surface area contributed by atoms with Crippen LogP contribution in [0, 0.1) is 0 Å². The molecule has 14 heavy (non-hydrogen) atoms. The molecule has 0 aliphatic carbocycles. The summed E-state index contributed by atoms with van der Waals surface area (Å²) in [5, 5.41) is 12.1. The number of hydrogen-bond acceptors (Lipinski definition) is 3. The number of aromatic hydroxyl groups is 1. The van der Waals surface area contributed by atoms with Crippen molar-refractivity contribution in [1.29, 1.82) is 0 Å². The molecule has 0 bridgehead atoms. The first-order valence-corrected chi connectivity index (χ1v) is 4.37. The first-order valence-electron chi connectivity index (χ1n) is 4.37. The van der Waals surface area contributed by atoms with Gasteiger partial charge in [0, 0.05) is 6.92 Å². The molecule has 1 aromatic carbocycles. The van der Waals surface area contributed by atoms with Crippen molar-refractivity contribution < 1.29 is 14.6 Å². The number of benzene rings is 1. The van der Waals surface area contributed by atoms with Crippen LogP contribution in [-0.2, 0) is 4.79 Å². The summed E-state index contributed by atoms with van der Waals surface area (Å²) in [5.41, 5.74) is 0.364. The summed E-state index contributed by atoms with van der Waals surface area (Å²) in [6, 6.07) is 4.96. The molecule has 0 saturated heterocycles. The topological polar surface area (TPSA) is 58.6 Å². The van der Waals surface area contributed by atoms with Gasteiger partial charge in [-0.1, -0.05) is 6.07 Å². The standard InChI is InChI=1S/C10H13NO3/c1-3-14-9-6-4-5-8(10(9)13)11-7(2)12/h4-6,13H,3H2,1-2H3,(H,11,12). The fourth-order valence-electron chi connectivity index (χ4n) is 1.08. The minimum absolute atomic E-state index is 0.0375. The minimum Gasteiger partial charge on any atom is -0.503 e. The van der Waals surface area contributed by atoms with Gasteiger partial charge in [0.05, 0.1) is 12.3 Å². The highest BCUT2D eigenvalue weighted by atomic mass is 16.5. The molecule has 1 aromatic rings. The molecule has 0 spiro atoms. The average Bonchev–Trinajstić information content (AvgIpc) is 2.11. The van der Waals surface area contributed by atoms with E-state index in [1.165, 1.54) is 6.92 Å². The van der Waals surface area contributed by atoms with Crippen molar-refractivity contribution in [1.82, 2.24) is 0 Å². The Labute approximate surface area is 82.5 Å². The van der Waals surface area contributed by atoms with Gasteiger partial charge in [0.1, 0.15) is 0 Å². The highest BCUT2D eigenvalue weighted by Gasteiger charge is 2.07. The molecule has 1 amide bonds. The molecule has 0 radical (unpaired) electrons. The Bertz CT molecular complexity index is 336. The number of hydrogen-bond donors (Lipinski definition) is 2. The number of phenolic OH excluding ortho intramolecular Hbond substituents is 1. The summed E-state index contributed by atoms with van der Waals surface area (Å²) in [4.78, 5) is 10.8. The molecule has 0 unspecified atom stereocenters. The monoisotopic (exact) mass is 195 g/mol. The number of para-hydroxylation sites is 1. The Balaban J connectivity index is 2.94. The number of anilines is 1. The van der Waals surface area contributed by atoms with Crippen molar-refractivity contribution in [3.05, 3.63) is 18.2 Å². The molecule has 4 nitrogen and oxygen atoms in total. The molecule has 0 heterocycles. The Morgan fingerprint density at radius 2 is 2.29 bits per heavy atom. The summed E-state index contributed by atoms with van der Waals surface area (Å²) < 4.78 is 5.16. The molecule has 0 aliphatic rings. The molecule has 0 fully saturated rings. The lowest BCUT2D eigenvalue weighted by molar-refractivity contribution is -0.114. The summed E-state index contributed by atoms with van der Waals surface area (Å²) in [6.45, 7) is 3.67. The van der Waals surface area contributed by atoms with E-state index in [1.807, 2.05) is 6.92 Å². The number of amides is 1. The van der Waals surface area contributed by atoms with Crippen LogP contribution in [0.1, 0.15) is 13.8 Å². The van der Waals surface area contributed by atoms with Crippen LogP contribution >= 0.6 is 0 Å². The van der Waals surface area contributed by atoms with E-state index in [1.54, 1.807) is 18.2 Å². The third-order valence-corrected chi connectivity index (χ3v) is 1.61. The van der Waals surface area contributed by atoms with Crippen LogP contribution in [0.2, 0.25) is 0 Å². The summed E-state index contributed by atoms with van der Waals surface area (Å²) in [5.74, 6) is 0.109. The van der Waals surface area contributed by atoms with Gasteiger partial charge in [0.15, 0.2) is 11.5 Å². The van der Waals surface area contributed by atoms with E-state index >= 15 is 0 Å². The van der Waals surface area contributed by atoms with Gasteiger partial charge in [-0.25, -0.2) is 0 Å². The van der Waals surface area contributed by atoms with Gasteiger partial charge in [-0.2, -0.15) is 0 Å². The number of rotatable bonds is 3. The van der Waals surface area contributed by atoms with E-state index in [4.69, 9.17) is 4.74 Å². The highest BCUT2D eigenvalue weighted by Crippen LogP contribution is 2.33. The van der Waals surface area contributed by atoms with Gasteiger partial charge < -0.3 is 15.2 Å². The van der Waals surface area contributed by atoms with Crippen molar-refractivity contribution in [2.45, 2.75) is 13.8 Å². The fraction of sp³-hybridized carbons (Fsp3) is 0.300. The molecule has 0 atom stereocenters. The van der Waals surface area contributed by atoms with Gasteiger partial charge in [-0.3, -0.25) is 4.79 Å². The van der Waals surface area contributed by atoms with Gasteiger partial charge in [0.25, 0.3) is 0 Å². The highest BCUT2D eigenvalue weighted by molar-refractivity contribution is 5.90. The first-order chi connectivity index (χ1) is 6.65. The third-order valence-electron chi connectivity index (χ3n) is 1.61. The summed E-state index contributed by atoms with van der Waals surface area (Å²) >= 11 is 0. The minimum atomic E-state index is -0.228. The van der Waals surface area contributed by atoms with E-state index < -0.39 is 0 Å². The maximum atomic E-state index is 10.8. The van der Waals surface area contributed by atoms with Crippen LogP contribution in [0.25, 0.3) is 0 Å². The molecular formula is C10H13NO3. The van der Waals surface area contributed by atoms with Crippen molar-refractivity contribution in [3.8, 4) is 11.5 Å². The second kappa shape index (κ2) is 4.50. The van der Waals surface area contributed by atoms with Crippen LogP contribution in [-0.4, -0.2) is 17.6 Å².